The Balaban J connectivity index is 0.00000208. The fraction of sp³-hybridized carbons (Fsp3) is 0.632. The van der Waals surface area contributed by atoms with Gasteiger partial charge in [-0.1, -0.05) is 24.3 Å². The summed E-state index contributed by atoms with van der Waals surface area (Å²) in [5, 5.41) is 3.35. The van der Waals surface area contributed by atoms with E-state index in [1.807, 2.05) is 19.0 Å². The van der Waals surface area contributed by atoms with Gasteiger partial charge in [0.15, 0.2) is 0 Å². The lowest BCUT2D eigenvalue weighted by atomic mass is 9.87. The van der Waals surface area contributed by atoms with Crippen LogP contribution in [0.1, 0.15) is 42.9 Å². The first-order valence-corrected chi connectivity index (χ1v) is 8.92. The minimum Gasteiger partial charge on any atom is -0.338 e. The Morgan fingerprint density at radius 3 is 2.88 bits per heavy atom. The summed E-state index contributed by atoms with van der Waals surface area (Å²) in [6.45, 7) is 2.57. The summed E-state index contributed by atoms with van der Waals surface area (Å²) in [5.74, 6) is 0.253. The van der Waals surface area contributed by atoms with E-state index in [0.717, 1.165) is 25.9 Å². The monoisotopic (exact) mass is 351 g/mol. The van der Waals surface area contributed by atoms with E-state index in [9.17, 15) is 4.79 Å². The molecule has 0 bridgehead atoms. The van der Waals surface area contributed by atoms with Gasteiger partial charge < -0.3 is 10.2 Å². The first kappa shape index (κ1) is 19.2. The van der Waals surface area contributed by atoms with Gasteiger partial charge in [-0.05, 0) is 56.8 Å². The largest absolute Gasteiger partial charge is 0.338 e. The molecule has 24 heavy (non-hydrogen) atoms. The Morgan fingerprint density at radius 2 is 2.08 bits per heavy atom. The quantitative estimate of drug-likeness (QED) is 0.905. The SMILES string of the molecule is CNC1CCCN(CC(=O)N(C)C2CCCc3ccccc32)C1.Cl. The third-order valence-corrected chi connectivity index (χ3v) is 5.47. The van der Waals surface area contributed by atoms with E-state index in [4.69, 9.17) is 0 Å². The molecule has 1 aromatic carbocycles. The second-order valence-corrected chi connectivity index (χ2v) is 6.97. The molecular formula is C19H30ClN3O. The second kappa shape index (κ2) is 8.84. The number of carbonyl (C=O) groups excluding carboxylic acids is 1. The highest BCUT2D eigenvalue weighted by molar-refractivity contribution is 5.85. The zero-order valence-electron chi connectivity index (χ0n) is 14.8. The number of aryl methyl sites for hydroxylation is 1. The lowest BCUT2D eigenvalue weighted by molar-refractivity contribution is -0.134. The van der Waals surface area contributed by atoms with Crippen molar-refractivity contribution in [2.24, 2.45) is 0 Å². The highest BCUT2D eigenvalue weighted by atomic mass is 35.5. The van der Waals surface area contributed by atoms with Gasteiger partial charge in [0.25, 0.3) is 0 Å². The maximum absolute atomic E-state index is 12.8. The number of hydrogen-bond acceptors (Lipinski definition) is 3. The van der Waals surface area contributed by atoms with Gasteiger partial charge in [0, 0.05) is 19.6 Å². The van der Waals surface area contributed by atoms with Crippen LogP contribution in [-0.4, -0.2) is 55.5 Å². The fourth-order valence-electron chi connectivity index (χ4n) is 4.04. The Kier molecular flexibility index (Phi) is 7.08. The fourth-order valence-corrected chi connectivity index (χ4v) is 4.04. The standard InChI is InChI=1S/C19H29N3O.ClH/c1-20-16-9-6-12-22(13-16)14-19(23)21(2)18-11-5-8-15-7-3-4-10-17(15)18;/h3-4,7,10,16,18,20H,5-6,8-9,11-14H2,1-2H3;1H. The number of halogens is 1. The maximum atomic E-state index is 12.8. The number of likely N-dealkylation sites (N-methyl/N-ethyl adjacent to an activating group) is 2. The molecule has 2 aliphatic rings. The number of fused-ring (bicyclic) bond motifs is 1. The molecular weight excluding hydrogens is 322 g/mol. The van der Waals surface area contributed by atoms with Gasteiger partial charge >= 0.3 is 0 Å². The lowest BCUT2D eigenvalue weighted by Crippen LogP contribution is -2.48. The van der Waals surface area contributed by atoms with E-state index < -0.39 is 0 Å². The molecule has 4 nitrogen and oxygen atoms in total. The minimum absolute atomic E-state index is 0. The van der Waals surface area contributed by atoms with Gasteiger partial charge in [0.2, 0.25) is 5.91 Å². The van der Waals surface area contributed by atoms with Gasteiger partial charge in [-0.15, -0.1) is 12.4 Å². The second-order valence-electron chi connectivity index (χ2n) is 6.97. The number of rotatable bonds is 4. The lowest BCUT2D eigenvalue weighted by Gasteiger charge is -2.36. The molecule has 0 aromatic heterocycles. The highest BCUT2D eigenvalue weighted by Crippen LogP contribution is 2.33. The Morgan fingerprint density at radius 1 is 1.29 bits per heavy atom. The van der Waals surface area contributed by atoms with Crippen LogP contribution in [0.15, 0.2) is 24.3 Å². The molecule has 1 aliphatic carbocycles. The summed E-state index contributed by atoms with van der Waals surface area (Å²) in [6.07, 6.45) is 5.79. The highest BCUT2D eigenvalue weighted by Gasteiger charge is 2.28. The van der Waals surface area contributed by atoms with Crippen LogP contribution in [0.4, 0.5) is 0 Å². The molecule has 0 spiro atoms. The van der Waals surface area contributed by atoms with Gasteiger partial charge in [0.05, 0.1) is 12.6 Å². The third-order valence-electron chi connectivity index (χ3n) is 5.47. The smallest absolute Gasteiger partial charge is 0.237 e. The molecule has 134 valence electrons. The van der Waals surface area contributed by atoms with Crippen LogP contribution in [0.25, 0.3) is 0 Å². The van der Waals surface area contributed by atoms with Crippen molar-refractivity contribution in [3.63, 3.8) is 0 Å². The summed E-state index contributed by atoms with van der Waals surface area (Å²) in [4.78, 5) is 17.1. The summed E-state index contributed by atoms with van der Waals surface area (Å²) >= 11 is 0. The van der Waals surface area contributed by atoms with Crippen molar-refractivity contribution < 1.29 is 4.79 Å². The van der Waals surface area contributed by atoms with Crippen LogP contribution in [0.5, 0.6) is 0 Å². The van der Waals surface area contributed by atoms with Gasteiger partial charge in [-0.25, -0.2) is 0 Å². The molecule has 1 fully saturated rings. The average molecular weight is 352 g/mol. The average Bonchev–Trinajstić information content (AvgIpc) is 2.60. The Hall–Kier alpha value is -1.10. The van der Waals surface area contributed by atoms with Crippen molar-refractivity contribution in [3.05, 3.63) is 35.4 Å². The summed E-state index contributed by atoms with van der Waals surface area (Å²) < 4.78 is 0. The van der Waals surface area contributed by atoms with Crippen molar-refractivity contribution in [3.8, 4) is 0 Å². The zero-order valence-corrected chi connectivity index (χ0v) is 15.6. The van der Waals surface area contributed by atoms with E-state index in [-0.39, 0.29) is 24.4 Å². The van der Waals surface area contributed by atoms with Crippen LogP contribution in [-0.2, 0) is 11.2 Å². The van der Waals surface area contributed by atoms with Crippen molar-refractivity contribution in [2.45, 2.75) is 44.2 Å². The number of nitrogens with one attached hydrogen (secondary N) is 1. The molecule has 3 rings (SSSR count). The number of nitrogens with zero attached hydrogens (tertiary/aromatic N) is 2. The molecule has 1 aromatic rings. The number of carbonyl (C=O) groups is 1. The predicted molar refractivity (Wildman–Crippen MR) is 101 cm³/mol. The Labute approximate surface area is 152 Å². The van der Waals surface area contributed by atoms with E-state index in [2.05, 4.69) is 34.5 Å². The molecule has 0 saturated carbocycles. The molecule has 1 amide bonds. The molecule has 2 atom stereocenters. The number of benzene rings is 1. The van der Waals surface area contributed by atoms with Crippen molar-refractivity contribution in [2.75, 3.05) is 33.7 Å². The predicted octanol–water partition coefficient (Wildman–Crippen LogP) is 2.63. The van der Waals surface area contributed by atoms with Crippen LogP contribution >= 0.6 is 12.4 Å². The summed E-state index contributed by atoms with van der Waals surface area (Å²) in [6, 6.07) is 9.38. The topological polar surface area (TPSA) is 35.6 Å². The van der Waals surface area contributed by atoms with Crippen LogP contribution in [0.2, 0.25) is 0 Å². The first-order valence-electron chi connectivity index (χ1n) is 8.92. The third kappa shape index (κ3) is 4.29. The first-order chi connectivity index (χ1) is 11.2. The molecule has 5 heteroatoms. The maximum Gasteiger partial charge on any atom is 0.237 e. The van der Waals surface area contributed by atoms with Crippen molar-refractivity contribution in [1.82, 2.24) is 15.1 Å². The van der Waals surface area contributed by atoms with Gasteiger partial charge in [-0.3, -0.25) is 9.69 Å². The molecule has 0 radical (unpaired) electrons. The molecule has 1 saturated heterocycles. The van der Waals surface area contributed by atoms with E-state index in [1.54, 1.807) is 0 Å². The van der Waals surface area contributed by atoms with Crippen molar-refractivity contribution in [1.29, 1.82) is 0 Å². The molecule has 1 N–H and O–H groups in total. The van der Waals surface area contributed by atoms with E-state index >= 15 is 0 Å². The Bertz CT molecular complexity index is 551. The van der Waals surface area contributed by atoms with Gasteiger partial charge in [-0.2, -0.15) is 0 Å². The summed E-state index contributed by atoms with van der Waals surface area (Å²) in [7, 11) is 4.00. The van der Waals surface area contributed by atoms with Crippen LogP contribution in [0, 0.1) is 0 Å². The number of piperidine rings is 1. The van der Waals surface area contributed by atoms with Crippen molar-refractivity contribution >= 4 is 18.3 Å². The molecule has 1 heterocycles. The van der Waals surface area contributed by atoms with E-state index in [0.29, 0.717) is 12.6 Å². The molecule has 1 aliphatic heterocycles. The van der Waals surface area contributed by atoms with Crippen LogP contribution < -0.4 is 5.32 Å². The number of likely N-dealkylation sites (tertiary alicyclic amines) is 1. The number of amides is 1. The van der Waals surface area contributed by atoms with Crippen LogP contribution in [0.3, 0.4) is 0 Å². The number of hydrogen-bond donors (Lipinski definition) is 1. The normalized spacial score (nSPS) is 23.9. The minimum atomic E-state index is 0. The van der Waals surface area contributed by atoms with E-state index in [1.165, 1.54) is 30.4 Å². The van der Waals surface area contributed by atoms with Gasteiger partial charge in [0.1, 0.15) is 0 Å². The zero-order chi connectivity index (χ0) is 16.2. The molecule has 2 unspecified atom stereocenters. The summed E-state index contributed by atoms with van der Waals surface area (Å²) in [5.41, 5.74) is 2.76.